The lowest BCUT2D eigenvalue weighted by atomic mass is 10.0. The van der Waals surface area contributed by atoms with Crippen LogP contribution in [-0.4, -0.2) is 4.92 Å². The highest BCUT2D eigenvalue weighted by molar-refractivity contribution is 5.43. The molecule has 0 bridgehead atoms. The molecule has 0 heterocycles. The number of nitrogens with one attached hydrogen (secondary N) is 1. The van der Waals surface area contributed by atoms with Crippen molar-refractivity contribution < 1.29 is 4.92 Å². The summed E-state index contributed by atoms with van der Waals surface area (Å²) in [4.78, 5) is 10.6. The standard InChI is InChI=1S/C16H18N2O2/c1-12-8-9-15(10-16(12)18(19)20)13(2)17-11-14-6-4-3-5-7-14/h3-10,13,17H,11H2,1-2H3/t13-/m0/s1. The summed E-state index contributed by atoms with van der Waals surface area (Å²) in [5.41, 5.74) is 2.99. The van der Waals surface area contributed by atoms with Crippen LogP contribution in [0.2, 0.25) is 0 Å². The molecule has 0 aromatic heterocycles. The third-order valence-electron chi connectivity index (χ3n) is 3.39. The van der Waals surface area contributed by atoms with Crippen molar-refractivity contribution in [3.63, 3.8) is 0 Å². The molecule has 4 heteroatoms. The van der Waals surface area contributed by atoms with Crippen molar-refractivity contribution >= 4 is 5.69 Å². The minimum atomic E-state index is -0.331. The molecule has 2 aromatic carbocycles. The largest absolute Gasteiger partial charge is 0.306 e. The van der Waals surface area contributed by atoms with E-state index in [1.807, 2.05) is 31.2 Å². The Kier molecular flexibility index (Phi) is 4.48. The average Bonchev–Trinajstić information content (AvgIpc) is 2.46. The molecule has 0 aliphatic rings. The molecule has 104 valence electrons. The maximum atomic E-state index is 11.0. The van der Waals surface area contributed by atoms with Gasteiger partial charge in [0.1, 0.15) is 0 Å². The molecule has 0 aliphatic carbocycles. The van der Waals surface area contributed by atoms with Gasteiger partial charge >= 0.3 is 0 Å². The molecule has 2 aromatic rings. The summed E-state index contributed by atoms with van der Waals surface area (Å²) in [5, 5.41) is 14.3. The predicted molar refractivity (Wildman–Crippen MR) is 79.5 cm³/mol. The van der Waals surface area contributed by atoms with Gasteiger partial charge < -0.3 is 5.32 Å². The van der Waals surface area contributed by atoms with Gasteiger partial charge in [0, 0.05) is 24.2 Å². The second kappa shape index (κ2) is 6.30. The maximum absolute atomic E-state index is 11.0. The van der Waals surface area contributed by atoms with Gasteiger partial charge in [0.25, 0.3) is 5.69 Å². The number of nitrogens with zero attached hydrogens (tertiary/aromatic N) is 1. The molecule has 20 heavy (non-hydrogen) atoms. The second-order valence-corrected chi connectivity index (χ2v) is 4.89. The minimum Gasteiger partial charge on any atom is -0.306 e. The quantitative estimate of drug-likeness (QED) is 0.665. The molecule has 0 aliphatic heterocycles. The zero-order valence-electron chi connectivity index (χ0n) is 11.7. The van der Waals surface area contributed by atoms with Crippen LogP contribution < -0.4 is 5.32 Å². The lowest BCUT2D eigenvalue weighted by Crippen LogP contribution is -2.18. The van der Waals surface area contributed by atoms with Gasteiger partial charge in [0.2, 0.25) is 0 Å². The number of nitro benzene ring substituents is 1. The van der Waals surface area contributed by atoms with Crippen LogP contribution in [0.1, 0.15) is 29.7 Å². The first-order valence-corrected chi connectivity index (χ1v) is 6.60. The molecular weight excluding hydrogens is 252 g/mol. The summed E-state index contributed by atoms with van der Waals surface area (Å²) in [7, 11) is 0. The summed E-state index contributed by atoms with van der Waals surface area (Å²) in [5.74, 6) is 0. The zero-order valence-corrected chi connectivity index (χ0v) is 11.7. The Morgan fingerprint density at radius 1 is 1.20 bits per heavy atom. The first-order valence-electron chi connectivity index (χ1n) is 6.60. The molecule has 0 spiro atoms. The fraction of sp³-hybridized carbons (Fsp3) is 0.250. The van der Waals surface area contributed by atoms with Gasteiger partial charge in [-0.2, -0.15) is 0 Å². The van der Waals surface area contributed by atoms with E-state index >= 15 is 0 Å². The predicted octanol–water partition coefficient (Wildman–Crippen LogP) is 3.75. The Bertz CT molecular complexity index is 597. The van der Waals surface area contributed by atoms with Crippen molar-refractivity contribution in [1.29, 1.82) is 0 Å². The van der Waals surface area contributed by atoms with Gasteiger partial charge in [-0.25, -0.2) is 0 Å². The van der Waals surface area contributed by atoms with Gasteiger partial charge in [-0.05, 0) is 25.0 Å². The first-order chi connectivity index (χ1) is 9.58. The minimum absolute atomic E-state index is 0.0644. The Labute approximate surface area is 118 Å². The average molecular weight is 270 g/mol. The van der Waals surface area contributed by atoms with Crippen LogP contribution in [0.5, 0.6) is 0 Å². The van der Waals surface area contributed by atoms with E-state index in [4.69, 9.17) is 0 Å². The van der Waals surface area contributed by atoms with E-state index in [9.17, 15) is 10.1 Å². The van der Waals surface area contributed by atoms with E-state index in [0.29, 0.717) is 5.56 Å². The molecule has 0 saturated carbocycles. The van der Waals surface area contributed by atoms with Crippen molar-refractivity contribution in [2.45, 2.75) is 26.4 Å². The highest BCUT2D eigenvalue weighted by Gasteiger charge is 2.14. The summed E-state index contributed by atoms with van der Waals surface area (Å²) < 4.78 is 0. The first kappa shape index (κ1) is 14.2. The van der Waals surface area contributed by atoms with E-state index in [1.54, 1.807) is 19.1 Å². The number of hydrogen-bond acceptors (Lipinski definition) is 3. The zero-order chi connectivity index (χ0) is 14.5. The third-order valence-corrected chi connectivity index (χ3v) is 3.39. The fourth-order valence-electron chi connectivity index (χ4n) is 2.08. The molecule has 0 saturated heterocycles. The number of aryl methyl sites for hydroxylation is 1. The fourth-order valence-corrected chi connectivity index (χ4v) is 2.08. The van der Waals surface area contributed by atoms with E-state index in [-0.39, 0.29) is 16.7 Å². The normalized spacial score (nSPS) is 12.1. The molecule has 1 N–H and O–H groups in total. The third kappa shape index (κ3) is 3.42. The maximum Gasteiger partial charge on any atom is 0.272 e. The van der Waals surface area contributed by atoms with Gasteiger partial charge in [-0.3, -0.25) is 10.1 Å². The van der Waals surface area contributed by atoms with Crippen LogP contribution in [-0.2, 0) is 6.54 Å². The van der Waals surface area contributed by atoms with Crippen molar-refractivity contribution in [1.82, 2.24) is 5.32 Å². The smallest absolute Gasteiger partial charge is 0.272 e. The van der Waals surface area contributed by atoms with Crippen LogP contribution in [0.15, 0.2) is 48.5 Å². The molecule has 2 rings (SSSR count). The van der Waals surface area contributed by atoms with Gasteiger partial charge in [0.05, 0.1) is 4.92 Å². The Morgan fingerprint density at radius 3 is 2.55 bits per heavy atom. The van der Waals surface area contributed by atoms with Crippen molar-refractivity contribution in [3.05, 3.63) is 75.3 Å². The van der Waals surface area contributed by atoms with Gasteiger partial charge in [0.15, 0.2) is 0 Å². The van der Waals surface area contributed by atoms with Crippen molar-refractivity contribution in [3.8, 4) is 0 Å². The van der Waals surface area contributed by atoms with Crippen LogP contribution in [0.3, 0.4) is 0 Å². The lowest BCUT2D eigenvalue weighted by molar-refractivity contribution is -0.385. The van der Waals surface area contributed by atoms with E-state index in [1.165, 1.54) is 5.56 Å². The second-order valence-electron chi connectivity index (χ2n) is 4.89. The summed E-state index contributed by atoms with van der Waals surface area (Å²) in [6.45, 7) is 4.50. The monoisotopic (exact) mass is 270 g/mol. The summed E-state index contributed by atoms with van der Waals surface area (Å²) in [6.07, 6.45) is 0. The van der Waals surface area contributed by atoms with E-state index < -0.39 is 0 Å². The summed E-state index contributed by atoms with van der Waals surface area (Å²) in [6, 6.07) is 15.5. The van der Waals surface area contributed by atoms with Gasteiger partial charge in [-0.1, -0.05) is 42.5 Å². The molecule has 0 radical (unpaired) electrons. The molecular formula is C16H18N2O2. The Morgan fingerprint density at radius 2 is 1.90 bits per heavy atom. The molecule has 0 amide bonds. The van der Waals surface area contributed by atoms with Crippen molar-refractivity contribution in [2.75, 3.05) is 0 Å². The molecule has 4 nitrogen and oxygen atoms in total. The highest BCUT2D eigenvalue weighted by atomic mass is 16.6. The van der Waals surface area contributed by atoms with Crippen LogP contribution >= 0.6 is 0 Å². The van der Waals surface area contributed by atoms with E-state index in [2.05, 4.69) is 17.4 Å². The van der Waals surface area contributed by atoms with Crippen LogP contribution in [0.25, 0.3) is 0 Å². The summed E-state index contributed by atoms with van der Waals surface area (Å²) >= 11 is 0. The van der Waals surface area contributed by atoms with Crippen LogP contribution in [0, 0.1) is 17.0 Å². The topological polar surface area (TPSA) is 55.2 Å². The molecule has 0 unspecified atom stereocenters. The molecule has 1 atom stereocenters. The van der Waals surface area contributed by atoms with Gasteiger partial charge in [-0.15, -0.1) is 0 Å². The Hall–Kier alpha value is -2.20. The highest BCUT2D eigenvalue weighted by Crippen LogP contribution is 2.23. The molecule has 0 fully saturated rings. The Balaban J connectivity index is 2.07. The lowest BCUT2D eigenvalue weighted by Gasteiger charge is -2.14. The number of hydrogen-bond donors (Lipinski definition) is 1. The number of rotatable bonds is 5. The van der Waals surface area contributed by atoms with Crippen LogP contribution in [0.4, 0.5) is 5.69 Å². The number of benzene rings is 2. The van der Waals surface area contributed by atoms with E-state index in [0.717, 1.165) is 12.1 Å². The number of nitro groups is 1. The van der Waals surface area contributed by atoms with Crippen molar-refractivity contribution in [2.24, 2.45) is 0 Å². The SMILES string of the molecule is Cc1ccc([C@H](C)NCc2ccccc2)cc1[N+](=O)[O-].